The molecule has 2 heterocycles. The number of para-hydroxylation sites is 2. The molecule has 77 heavy (non-hydrogen) atoms. The minimum Gasteiger partial charge on any atom is -0.480 e. The van der Waals surface area contributed by atoms with Crippen LogP contribution >= 0.6 is 0 Å². The van der Waals surface area contributed by atoms with E-state index in [-0.39, 0.29) is 69.3 Å². The Labute approximate surface area is 446 Å². The van der Waals surface area contributed by atoms with Gasteiger partial charge in [0.1, 0.15) is 42.3 Å². The van der Waals surface area contributed by atoms with Crippen LogP contribution in [-0.4, -0.2) is 153 Å². The number of nitrogens with zero attached hydrogens (tertiary/aromatic N) is 1. The Bertz CT molecular complexity index is 2650. The van der Waals surface area contributed by atoms with Crippen LogP contribution in [0.15, 0.2) is 65.9 Å². The van der Waals surface area contributed by atoms with Gasteiger partial charge < -0.3 is 85.4 Å². The number of carbonyl (C=O) groups excluding carboxylic acids is 7. The van der Waals surface area contributed by atoms with Crippen LogP contribution < -0.4 is 60.2 Å². The minimum absolute atomic E-state index is 0.0417. The summed E-state index contributed by atoms with van der Waals surface area (Å²) < 4.78 is 0. The van der Waals surface area contributed by atoms with Crippen molar-refractivity contribution in [2.24, 2.45) is 39.8 Å². The smallest absolute Gasteiger partial charge is 0.328 e. The second-order valence-electron chi connectivity index (χ2n) is 19.9. The normalized spacial score (nSPS) is 14.5. The maximum absolute atomic E-state index is 14.7. The number of fused-ring (bicyclic) bond motifs is 2. The van der Waals surface area contributed by atoms with Crippen molar-refractivity contribution in [3.63, 3.8) is 0 Å². The molecule has 0 unspecified atom stereocenters. The van der Waals surface area contributed by atoms with Gasteiger partial charge in [-0.15, -0.1) is 0 Å². The fraction of sp³-hybridized carbons (Fsp3) is 0.519. The Morgan fingerprint density at radius 2 is 0.935 bits per heavy atom. The summed E-state index contributed by atoms with van der Waals surface area (Å²) in [5.41, 5.74) is 25.3. The van der Waals surface area contributed by atoms with E-state index in [2.05, 4.69) is 52.2 Å². The lowest BCUT2D eigenvalue weighted by atomic mass is 9.98. The van der Waals surface area contributed by atoms with Crippen LogP contribution in [0.1, 0.15) is 83.8 Å². The first-order chi connectivity index (χ1) is 36.6. The number of carboxylic acids is 1. The van der Waals surface area contributed by atoms with Crippen molar-refractivity contribution in [2.75, 3.05) is 26.3 Å². The zero-order valence-corrected chi connectivity index (χ0v) is 44.1. The third kappa shape index (κ3) is 19.5. The van der Waals surface area contributed by atoms with Crippen molar-refractivity contribution in [1.82, 2.24) is 47.2 Å². The molecule has 25 nitrogen and oxygen atoms in total. The van der Waals surface area contributed by atoms with Gasteiger partial charge in [-0.3, -0.25) is 38.6 Å². The van der Waals surface area contributed by atoms with Gasteiger partial charge in [0.2, 0.25) is 41.4 Å². The lowest BCUT2D eigenvalue weighted by molar-refractivity contribution is -0.143. The van der Waals surface area contributed by atoms with Crippen LogP contribution in [0.5, 0.6) is 0 Å². The number of aromatic amines is 2. The molecule has 2 aromatic carbocycles. The van der Waals surface area contributed by atoms with Gasteiger partial charge in [0.05, 0.1) is 19.3 Å². The Morgan fingerprint density at radius 1 is 0.532 bits per heavy atom. The fourth-order valence-corrected chi connectivity index (χ4v) is 8.57. The maximum Gasteiger partial charge on any atom is 0.328 e. The number of nitrogens with one attached hydrogen (secondary N) is 9. The number of carboxylic acid groups (broad SMARTS) is 1. The van der Waals surface area contributed by atoms with Crippen LogP contribution in [0.25, 0.3) is 21.8 Å². The molecule has 0 fully saturated rings. The summed E-state index contributed by atoms with van der Waals surface area (Å²) in [5.74, 6) is -7.90. The molecule has 0 aliphatic heterocycles. The molecule has 4 aromatic rings. The van der Waals surface area contributed by atoms with E-state index in [4.69, 9.17) is 22.9 Å². The molecule has 0 aliphatic rings. The third-order valence-corrected chi connectivity index (χ3v) is 12.6. The summed E-state index contributed by atoms with van der Waals surface area (Å²) in [6.07, 6.45) is 4.78. The molecule has 422 valence electrons. The number of H-pyrrole nitrogens is 2. The Kier molecular flexibility index (Phi) is 24.8. The molecule has 7 amide bonds. The van der Waals surface area contributed by atoms with Gasteiger partial charge in [-0.1, -0.05) is 70.5 Å². The van der Waals surface area contributed by atoms with Gasteiger partial charge in [0.15, 0.2) is 5.96 Å². The molecular formula is C52H78N14O11. The van der Waals surface area contributed by atoms with Gasteiger partial charge in [-0.05, 0) is 80.2 Å². The molecule has 8 atom stereocenters. The average Bonchev–Trinajstić information content (AvgIpc) is 4.00. The number of carbonyl (C=O) groups is 8. The number of aliphatic carboxylic acids is 1. The number of aliphatic hydroxyl groups is 2. The van der Waals surface area contributed by atoms with E-state index < -0.39 is 109 Å². The number of guanidine groups is 1. The van der Waals surface area contributed by atoms with Crippen LogP contribution in [0.4, 0.5) is 0 Å². The second-order valence-corrected chi connectivity index (χ2v) is 19.9. The van der Waals surface area contributed by atoms with Gasteiger partial charge >= 0.3 is 5.97 Å². The highest BCUT2D eigenvalue weighted by Crippen LogP contribution is 2.22. The minimum atomic E-state index is -1.69. The van der Waals surface area contributed by atoms with Crippen molar-refractivity contribution in [3.8, 4) is 0 Å². The van der Waals surface area contributed by atoms with Crippen LogP contribution in [-0.2, 0) is 51.2 Å². The molecular weight excluding hydrogens is 997 g/mol. The van der Waals surface area contributed by atoms with E-state index in [1.54, 1.807) is 38.4 Å². The molecule has 4 rings (SSSR count). The Hall–Kier alpha value is -7.61. The quantitative estimate of drug-likeness (QED) is 0.0147. The Balaban J connectivity index is 1.67. The lowest BCUT2D eigenvalue weighted by Crippen LogP contribution is -2.61. The molecule has 0 spiro atoms. The fourth-order valence-electron chi connectivity index (χ4n) is 8.57. The summed E-state index contributed by atoms with van der Waals surface area (Å²) in [7, 11) is 0. The number of nitrogens with two attached hydrogens (primary N) is 4. The predicted octanol–water partition coefficient (Wildman–Crippen LogP) is -1.50. The van der Waals surface area contributed by atoms with E-state index >= 15 is 0 Å². The van der Waals surface area contributed by atoms with E-state index in [1.165, 1.54) is 0 Å². The number of aromatic nitrogens is 2. The average molecular weight is 1080 g/mol. The number of benzene rings is 2. The predicted molar refractivity (Wildman–Crippen MR) is 289 cm³/mol. The van der Waals surface area contributed by atoms with Crippen molar-refractivity contribution < 1.29 is 53.7 Å². The number of rotatable bonds is 33. The topological polar surface area (TPSA) is 429 Å². The molecule has 0 bridgehead atoms. The standard InChI is InChI=1S/C52H78N14O11/c1-28(2)20-38(46(71)60-37(17-11-19-57-52(55)56)45(70)66-43(27-68)51(76)77)61-48(73)40(22-30-24-58-35-15-7-5-12-32(30)35)63-47(72)39(21-29(3)4)62-49(74)41(23-31-25-59-36-16-8-6-13-33(31)36)64-50(75)42(26-67)65-44(69)34(54)14-9-10-18-53/h5-8,12-13,15-16,24-25,28-29,34,37-43,58-59,67-68H,9-11,14,17-23,26-27,53-54H2,1-4H3,(H,60,71)(H,61,73)(H,62,74)(H,63,72)(H,64,75)(H,65,69)(H,66,70)(H,76,77)(H4,55,56,57)/t34-,37-,38+,39+,40-,41-,42+,43+/m0/s1. The molecule has 0 saturated heterocycles. The van der Waals surface area contributed by atoms with E-state index in [0.717, 1.165) is 21.8 Å². The van der Waals surface area contributed by atoms with E-state index in [0.29, 0.717) is 30.5 Å². The first kappa shape index (κ1) is 61.9. The molecule has 0 aliphatic carbocycles. The van der Waals surface area contributed by atoms with Crippen molar-refractivity contribution >= 4 is 75.1 Å². The van der Waals surface area contributed by atoms with Crippen molar-refractivity contribution in [3.05, 3.63) is 72.1 Å². The monoisotopic (exact) mass is 1070 g/mol. The highest BCUT2D eigenvalue weighted by Gasteiger charge is 2.35. The number of amides is 7. The van der Waals surface area contributed by atoms with Gasteiger partial charge in [0.25, 0.3) is 0 Å². The maximum atomic E-state index is 14.7. The number of hydrogen-bond acceptors (Lipinski definition) is 13. The SMILES string of the molecule is CC(C)C[C@@H](NC(=O)[C@H](Cc1c[nH]c2ccccc12)NC(=O)[C@@H](CC(C)C)NC(=O)[C@H](Cc1c[nH]c2ccccc12)NC(=O)[C@@H](CO)NC(=O)[C@@H](N)CCCCN)C(=O)N[C@@H](CCCN=C(N)N)C(=O)N[C@H](CO)C(=O)O. The highest BCUT2D eigenvalue weighted by molar-refractivity contribution is 5.98. The molecule has 0 radical (unpaired) electrons. The summed E-state index contributed by atoms with van der Waals surface area (Å²) in [6.45, 7) is 5.92. The molecule has 20 N–H and O–H groups in total. The van der Waals surface area contributed by atoms with Crippen LogP contribution in [0.2, 0.25) is 0 Å². The van der Waals surface area contributed by atoms with Crippen molar-refractivity contribution in [1.29, 1.82) is 0 Å². The number of hydrogen-bond donors (Lipinski definition) is 16. The summed E-state index contributed by atoms with van der Waals surface area (Å²) in [4.78, 5) is 120. The van der Waals surface area contributed by atoms with E-state index in [9.17, 15) is 53.7 Å². The van der Waals surface area contributed by atoms with Crippen LogP contribution in [0, 0.1) is 11.8 Å². The number of unbranched alkanes of at least 4 members (excludes halogenated alkanes) is 1. The first-order valence-corrected chi connectivity index (χ1v) is 25.8. The summed E-state index contributed by atoms with van der Waals surface area (Å²) >= 11 is 0. The Morgan fingerprint density at radius 3 is 1.38 bits per heavy atom. The zero-order valence-electron chi connectivity index (χ0n) is 44.1. The third-order valence-electron chi connectivity index (χ3n) is 12.6. The summed E-state index contributed by atoms with van der Waals surface area (Å²) in [6, 6.07) is 3.59. The molecule has 2 aromatic heterocycles. The molecule has 25 heteroatoms. The first-order valence-electron chi connectivity index (χ1n) is 25.8. The number of aliphatic hydroxyl groups excluding tert-OH is 2. The highest BCUT2D eigenvalue weighted by atomic mass is 16.4. The zero-order chi connectivity index (χ0) is 56.8. The summed E-state index contributed by atoms with van der Waals surface area (Å²) in [5, 5.41) is 49.2. The largest absolute Gasteiger partial charge is 0.480 e. The molecule has 0 saturated carbocycles. The van der Waals surface area contributed by atoms with E-state index in [1.807, 2.05) is 50.2 Å². The second kappa shape index (κ2) is 30.8. The lowest BCUT2D eigenvalue weighted by Gasteiger charge is -2.29. The van der Waals surface area contributed by atoms with Crippen molar-refractivity contribution in [2.45, 2.75) is 134 Å². The van der Waals surface area contributed by atoms with Gasteiger partial charge in [-0.25, -0.2) is 4.79 Å². The van der Waals surface area contributed by atoms with Gasteiger partial charge in [-0.2, -0.15) is 0 Å². The van der Waals surface area contributed by atoms with Gasteiger partial charge in [0, 0.05) is 53.6 Å². The number of aliphatic imine (C=N–C) groups is 1. The van der Waals surface area contributed by atoms with Crippen LogP contribution in [0.3, 0.4) is 0 Å².